The average molecular weight is 355 g/mol. The van der Waals surface area contributed by atoms with Crippen LogP contribution in [0.2, 0.25) is 0 Å². The zero-order valence-corrected chi connectivity index (χ0v) is 14.9. The van der Waals surface area contributed by atoms with Crippen LogP contribution >= 0.6 is 11.3 Å². The van der Waals surface area contributed by atoms with Crippen molar-refractivity contribution in [1.29, 1.82) is 0 Å². The molecule has 126 valence electrons. The van der Waals surface area contributed by atoms with Crippen LogP contribution in [0, 0.1) is 0 Å². The Kier molecular flexibility index (Phi) is 4.63. The predicted molar refractivity (Wildman–Crippen MR) is 110 cm³/mol. The summed E-state index contributed by atoms with van der Waals surface area (Å²) in [4.78, 5) is 14.2. The van der Waals surface area contributed by atoms with E-state index in [1.165, 1.54) is 11.3 Å². The normalized spacial score (nSPS) is 10.5. The number of nitrogens with zero attached hydrogens (tertiary/aromatic N) is 1. The Morgan fingerprint density at radius 1 is 0.654 bits per heavy atom. The van der Waals surface area contributed by atoms with Crippen molar-refractivity contribution in [2.24, 2.45) is 0 Å². The molecule has 0 radical (unpaired) electrons. The fraction of sp³-hybridized carbons (Fsp3) is 0. The summed E-state index contributed by atoms with van der Waals surface area (Å²) in [7, 11) is 0. The summed E-state index contributed by atoms with van der Waals surface area (Å²) in [5.74, 6) is 0. The molecule has 4 aromatic rings. The Morgan fingerprint density at radius 3 is 1.73 bits per heavy atom. The summed E-state index contributed by atoms with van der Waals surface area (Å²) >= 11 is 1.47. The number of thiophene rings is 1. The quantitative estimate of drug-likeness (QED) is 0.371. The van der Waals surface area contributed by atoms with Crippen LogP contribution in [0.4, 0.5) is 17.1 Å². The minimum atomic E-state index is 0.765. The minimum absolute atomic E-state index is 0.765. The van der Waals surface area contributed by atoms with Crippen molar-refractivity contribution in [2.75, 3.05) is 4.90 Å². The molecule has 0 aliphatic carbocycles. The van der Waals surface area contributed by atoms with Gasteiger partial charge < -0.3 is 4.90 Å². The minimum Gasteiger partial charge on any atom is -0.311 e. The van der Waals surface area contributed by atoms with Crippen molar-refractivity contribution < 1.29 is 4.79 Å². The van der Waals surface area contributed by atoms with Crippen LogP contribution in [0.25, 0.3) is 11.1 Å². The molecule has 0 spiro atoms. The van der Waals surface area contributed by atoms with Gasteiger partial charge in [0.15, 0.2) is 6.29 Å². The zero-order valence-electron chi connectivity index (χ0n) is 14.1. The lowest BCUT2D eigenvalue weighted by Crippen LogP contribution is -2.09. The molecule has 0 bridgehead atoms. The van der Waals surface area contributed by atoms with Gasteiger partial charge in [-0.25, -0.2) is 0 Å². The Labute approximate surface area is 157 Å². The van der Waals surface area contributed by atoms with E-state index < -0.39 is 0 Å². The van der Waals surface area contributed by atoms with Crippen molar-refractivity contribution in [3.8, 4) is 11.1 Å². The smallest absolute Gasteiger partial charge is 0.160 e. The van der Waals surface area contributed by atoms with E-state index in [1.807, 2.05) is 47.8 Å². The van der Waals surface area contributed by atoms with Gasteiger partial charge in [-0.1, -0.05) is 48.5 Å². The van der Waals surface area contributed by atoms with E-state index in [2.05, 4.69) is 53.4 Å². The number of aldehydes is 1. The van der Waals surface area contributed by atoms with Gasteiger partial charge in [-0.15, -0.1) is 11.3 Å². The third-order valence-electron chi connectivity index (χ3n) is 4.27. The maximum Gasteiger partial charge on any atom is 0.160 e. The molecule has 0 N–H and O–H groups in total. The molecule has 3 aromatic carbocycles. The molecule has 0 aliphatic rings. The lowest BCUT2D eigenvalue weighted by atomic mass is 10.1. The van der Waals surface area contributed by atoms with Gasteiger partial charge in [-0.2, -0.15) is 0 Å². The van der Waals surface area contributed by atoms with Crippen molar-refractivity contribution >= 4 is 34.7 Å². The Hall–Kier alpha value is -3.17. The standard InChI is InChI=1S/C23H17NOS/c25-17-23-22(15-16-26-23)18-11-13-21(14-12-18)24(19-7-3-1-4-8-19)20-9-5-2-6-10-20/h1-17H. The largest absolute Gasteiger partial charge is 0.311 e. The second-order valence-electron chi connectivity index (χ2n) is 5.87. The molecule has 26 heavy (non-hydrogen) atoms. The highest BCUT2D eigenvalue weighted by molar-refractivity contribution is 7.12. The van der Waals surface area contributed by atoms with E-state index in [4.69, 9.17) is 0 Å². The summed E-state index contributed by atoms with van der Waals surface area (Å²) in [6.07, 6.45) is 0.925. The summed E-state index contributed by atoms with van der Waals surface area (Å²) in [5.41, 5.74) is 5.33. The highest BCUT2D eigenvalue weighted by Crippen LogP contribution is 2.36. The third-order valence-corrected chi connectivity index (χ3v) is 5.11. The van der Waals surface area contributed by atoms with Crippen LogP contribution in [-0.2, 0) is 0 Å². The molecule has 1 heterocycles. The SMILES string of the molecule is O=Cc1sccc1-c1ccc(N(c2ccccc2)c2ccccc2)cc1. The number of hydrogen-bond donors (Lipinski definition) is 0. The van der Waals surface area contributed by atoms with Gasteiger partial charge in [0.2, 0.25) is 0 Å². The molecule has 0 saturated heterocycles. The fourth-order valence-corrected chi connectivity index (χ4v) is 3.76. The zero-order chi connectivity index (χ0) is 17.8. The molecule has 0 unspecified atom stereocenters. The average Bonchev–Trinajstić information content (AvgIpc) is 3.19. The molecule has 0 amide bonds. The van der Waals surface area contributed by atoms with E-state index in [1.54, 1.807) is 0 Å². The number of carbonyl (C=O) groups is 1. The fourth-order valence-electron chi connectivity index (χ4n) is 3.04. The molecule has 0 aliphatic heterocycles. The first-order chi connectivity index (χ1) is 12.9. The third kappa shape index (κ3) is 3.17. The maximum absolute atomic E-state index is 11.2. The van der Waals surface area contributed by atoms with Gasteiger partial charge in [0.1, 0.15) is 0 Å². The molecule has 3 heteroatoms. The highest BCUT2D eigenvalue weighted by Gasteiger charge is 2.12. The Morgan fingerprint density at radius 2 is 1.19 bits per heavy atom. The first-order valence-corrected chi connectivity index (χ1v) is 9.28. The monoisotopic (exact) mass is 355 g/mol. The van der Waals surface area contributed by atoms with Crippen LogP contribution in [0.15, 0.2) is 96.4 Å². The van der Waals surface area contributed by atoms with Crippen molar-refractivity contribution in [2.45, 2.75) is 0 Å². The van der Waals surface area contributed by atoms with E-state index in [0.29, 0.717) is 0 Å². The molecule has 1 aromatic heterocycles. The number of rotatable bonds is 5. The molecular formula is C23H17NOS. The lowest BCUT2D eigenvalue weighted by molar-refractivity contribution is 0.112. The van der Waals surface area contributed by atoms with Crippen LogP contribution < -0.4 is 4.90 Å². The molecule has 4 rings (SSSR count). The van der Waals surface area contributed by atoms with Crippen molar-refractivity contribution in [3.63, 3.8) is 0 Å². The van der Waals surface area contributed by atoms with Gasteiger partial charge in [-0.3, -0.25) is 4.79 Å². The van der Waals surface area contributed by atoms with Gasteiger partial charge in [-0.05, 0) is 53.4 Å². The van der Waals surface area contributed by atoms with E-state index in [0.717, 1.165) is 39.4 Å². The molecule has 0 atom stereocenters. The number of carbonyl (C=O) groups excluding carboxylic acids is 1. The van der Waals surface area contributed by atoms with Crippen LogP contribution in [0.3, 0.4) is 0 Å². The van der Waals surface area contributed by atoms with Crippen LogP contribution in [0.5, 0.6) is 0 Å². The molecule has 2 nitrogen and oxygen atoms in total. The number of anilines is 3. The van der Waals surface area contributed by atoms with Crippen LogP contribution in [-0.4, -0.2) is 6.29 Å². The van der Waals surface area contributed by atoms with Crippen LogP contribution in [0.1, 0.15) is 9.67 Å². The summed E-state index contributed by atoms with van der Waals surface area (Å²) in [6.45, 7) is 0. The summed E-state index contributed by atoms with van der Waals surface area (Å²) < 4.78 is 0. The van der Waals surface area contributed by atoms with Gasteiger partial charge in [0.05, 0.1) is 4.88 Å². The van der Waals surface area contributed by atoms with Gasteiger partial charge >= 0.3 is 0 Å². The number of para-hydroxylation sites is 2. The van der Waals surface area contributed by atoms with Gasteiger partial charge in [0.25, 0.3) is 0 Å². The first kappa shape index (κ1) is 16.3. The second-order valence-corrected chi connectivity index (χ2v) is 6.82. The van der Waals surface area contributed by atoms with Gasteiger partial charge in [0, 0.05) is 22.6 Å². The number of hydrogen-bond acceptors (Lipinski definition) is 3. The summed E-state index contributed by atoms with van der Waals surface area (Å²) in [6, 6.07) is 31.0. The van der Waals surface area contributed by atoms with Crippen molar-refractivity contribution in [3.05, 3.63) is 101 Å². The second kappa shape index (κ2) is 7.38. The molecule has 0 saturated carbocycles. The predicted octanol–water partition coefficient (Wildman–Crippen LogP) is 6.70. The Bertz CT molecular complexity index is 952. The van der Waals surface area contributed by atoms with Crippen molar-refractivity contribution in [1.82, 2.24) is 0 Å². The number of benzene rings is 3. The Balaban J connectivity index is 1.76. The first-order valence-electron chi connectivity index (χ1n) is 8.40. The highest BCUT2D eigenvalue weighted by atomic mass is 32.1. The lowest BCUT2D eigenvalue weighted by Gasteiger charge is -2.25. The molecular weight excluding hydrogens is 338 g/mol. The van der Waals surface area contributed by atoms with E-state index in [9.17, 15) is 4.79 Å². The molecule has 0 fully saturated rings. The summed E-state index contributed by atoms with van der Waals surface area (Å²) in [5, 5.41) is 1.95. The topological polar surface area (TPSA) is 20.3 Å². The maximum atomic E-state index is 11.2. The van der Waals surface area contributed by atoms with E-state index >= 15 is 0 Å². The van der Waals surface area contributed by atoms with E-state index in [-0.39, 0.29) is 0 Å².